The second kappa shape index (κ2) is 8.19. The number of unbranched alkanes of at least 4 members (excludes halogenated alkanes) is 1. The molecule has 0 spiro atoms. The van der Waals surface area contributed by atoms with Gasteiger partial charge in [-0.1, -0.05) is 19.8 Å². The van der Waals surface area contributed by atoms with Crippen LogP contribution in [0.2, 0.25) is 0 Å². The number of anilines is 2. The van der Waals surface area contributed by atoms with Crippen molar-refractivity contribution in [1.29, 1.82) is 0 Å². The van der Waals surface area contributed by atoms with Gasteiger partial charge in [0.05, 0.1) is 7.11 Å². The van der Waals surface area contributed by atoms with E-state index in [9.17, 15) is 9.59 Å². The average molecular weight is 278 g/mol. The number of esters is 1. The minimum Gasteiger partial charge on any atom is -0.467 e. The number of nitrogens with one attached hydrogen (secondary N) is 2. The van der Waals surface area contributed by atoms with Crippen molar-refractivity contribution in [2.45, 2.75) is 39.2 Å². The standard InChI is InChI=1S/C15H22N2O3/c1-4-5-6-14(15(19)20-3)17-13-9-7-12(8-10-13)16-11(2)18/h7-10,14,17H,4-6H2,1-3H3,(H,16,18). The summed E-state index contributed by atoms with van der Waals surface area (Å²) >= 11 is 0. The molecule has 1 unspecified atom stereocenters. The number of amides is 1. The van der Waals surface area contributed by atoms with Crippen molar-refractivity contribution in [1.82, 2.24) is 0 Å². The first-order valence-electron chi connectivity index (χ1n) is 6.78. The Balaban J connectivity index is 2.67. The van der Waals surface area contributed by atoms with Crippen LogP contribution in [0, 0.1) is 0 Å². The Kier molecular flexibility index (Phi) is 6.56. The zero-order chi connectivity index (χ0) is 15.0. The quantitative estimate of drug-likeness (QED) is 0.753. The molecule has 0 saturated heterocycles. The molecule has 0 fully saturated rings. The molecule has 20 heavy (non-hydrogen) atoms. The molecular weight excluding hydrogens is 256 g/mol. The number of benzene rings is 1. The van der Waals surface area contributed by atoms with E-state index >= 15 is 0 Å². The molecule has 0 bridgehead atoms. The molecule has 1 rings (SSSR count). The molecule has 5 heteroatoms. The minimum atomic E-state index is -0.341. The van der Waals surface area contributed by atoms with E-state index in [2.05, 4.69) is 17.6 Å². The summed E-state index contributed by atoms with van der Waals surface area (Å²) < 4.78 is 4.80. The van der Waals surface area contributed by atoms with Crippen molar-refractivity contribution in [3.63, 3.8) is 0 Å². The average Bonchev–Trinajstić information content (AvgIpc) is 2.43. The summed E-state index contributed by atoms with van der Waals surface area (Å²) in [5.41, 5.74) is 1.55. The smallest absolute Gasteiger partial charge is 0.328 e. The van der Waals surface area contributed by atoms with Crippen LogP contribution in [0.25, 0.3) is 0 Å². The van der Waals surface area contributed by atoms with E-state index in [0.717, 1.165) is 30.6 Å². The van der Waals surface area contributed by atoms with Gasteiger partial charge in [-0.2, -0.15) is 0 Å². The normalized spacial score (nSPS) is 11.6. The van der Waals surface area contributed by atoms with Crippen LogP contribution in [-0.2, 0) is 14.3 Å². The topological polar surface area (TPSA) is 67.4 Å². The lowest BCUT2D eigenvalue weighted by atomic mass is 10.1. The van der Waals surface area contributed by atoms with Gasteiger partial charge in [-0.3, -0.25) is 4.79 Å². The fourth-order valence-electron chi connectivity index (χ4n) is 1.85. The first-order valence-corrected chi connectivity index (χ1v) is 6.78. The highest BCUT2D eigenvalue weighted by molar-refractivity contribution is 5.88. The van der Waals surface area contributed by atoms with Crippen LogP contribution in [0.3, 0.4) is 0 Å². The van der Waals surface area contributed by atoms with E-state index in [1.165, 1.54) is 14.0 Å². The fraction of sp³-hybridized carbons (Fsp3) is 0.467. The van der Waals surface area contributed by atoms with Crippen LogP contribution < -0.4 is 10.6 Å². The van der Waals surface area contributed by atoms with E-state index in [1.54, 1.807) is 12.1 Å². The molecule has 0 aliphatic heterocycles. The molecule has 5 nitrogen and oxygen atoms in total. The minimum absolute atomic E-state index is 0.110. The van der Waals surface area contributed by atoms with Gasteiger partial charge in [0.2, 0.25) is 5.91 Å². The van der Waals surface area contributed by atoms with E-state index in [-0.39, 0.29) is 17.9 Å². The van der Waals surface area contributed by atoms with E-state index in [4.69, 9.17) is 4.74 Å². The van der Waals surface area contributed by atoms with Crippen molar-refractivity contribution in [2.75, 3.05) is 17.7 Å². The van der Waals surface area contributed by atoms with E-state index in [0.29, 0.717) is 0 Å². The molecular formula is C15H22N2O3. The predicted octanol–water partition coefficient (Wildman–Crippen LogP) is 2.79. The van der Waals surface area contributed by atoms with Gasteiger partial charge < -0.3 is 15.4 Å². The Morgan fingerprint density at radius 2 is 1.80 bits per heavy atom. The molecule has 1 atom stereocenters. The van der Waals surface area contributed by atoms with Crippen LogP contribution in [0.4, 0.5) is 11.4 Å². The maximum Gasteiger partial charge on any atom is 0.328 e. The number of ether oxygens (including phenoxy) is 1. The van der Waals surface area contributed by atoms with E-state index < -0.39 is 0 Å². The highest BCUT2D eigenvalue weighted by Crippen LogP contribution is 2.16. The summed E-state index contributed by atoms with van der Waals surface area (Å²) in [5.74, 6) is -0.370. The molecule has 0 aromatic heterocycles. The SMILES string of the molecule is CCCCC(Nc1ccc(NC(C)=O)cc1)C(=O)OC. The van der Waals surface area contributed by atoms with Crippen molar-refractivity contribution >= 4 is 23.3 Å². The Morgan fingerprint density at radius 3 is 2.30 bits per heavy atom. The van der Waals surface area contributed by atoms with Gasteiger partial charge in [0.15, 0.2) is 0 Å². The maximum absolute atomic E-state index is 11.7. The van der Waals surface area contributed by atoms with Crippen LogP contribution >= 0.6 is 0 Å². The summed E-state index contributed by atoms with van der Waals surface area (Å²) in [4.78, 5) is 22.6. The second-order valence-corrected chi connectivity index (χ2v) is 4.62. The number of carbonyl (C=O) groups is 2. The third-order valence-corrected chi connectivity index (χ3v) is 2.88. The van der Waals surface area contributed by atoms with Gasteiger partial charge in [-0.25, -0.2) is 4.79 Å². The summed E-state index contributed by atoms with van der Waals surface area (Å²) in [5, 5.41) is 5.85. The number of hydrogen-bond donors (Lipinski definition) is 2. The molecule has 1 aromatic carbocycles. The monoisotopic (exact) mass is 278 g/mol. The molecule has 0 saturated carbocycles. The zero-order valence-corrected chi connectivity index (χ0v) is 12.2. The largest absolute Gasteiger partial charge is 0.467 e. The Hall–Kier alpha value is -2.04. The van der Waals surface area contributed by atoms with Crippen LogP contribution in [0.1, 0.15) is 33.1 Å². The Bertz CT molecular complexity index is 443. The van der Waals surface area contributed by atoms with Gasteiger partial charge in [-0.05, 0) is 30.7 Å². The van der Waals surface area contributed by atoms with Gasteiger partial charge in [-0.15, -0.1) is 0 Å². The number of methoxy groups -OCH3 is 1. The lowest BCUT2D eigenvalue weighted by Gasteiger charge is -2.17. The first-order chi connectivity index (χ1) is 9.56. The molecule has 1 amide bonds. The van der Waals surface area contributed by atoms with Crippen molar-refractivity contribution in [3.05, 3.63) is 24.3 Å². The zero-order valence-electron chi connectivity index (χ0n) is 12.2. The van der Waals surface area contributed by atoms with Crippen LogP contribution in [0.5, 0.6) is 0 Å². The second-order valence-electron chi connectivity index (χ2n) is 4.62. The Morgan fingerprint density at radius 1 is 1.20 bits per heavy atom. The van der Waals surface area contributed by atoms with E-state index in [1.807, 2.05) is 12.1 Å². The van der Waals surface area contributed by atoms with Gasteiger partial charge in [0, 0.05) is 18.3 Å². The fourth-order valence-corrected chi connectivity index (χ4v) is 1.85. The molecule has 110 valence electrons. The van der Waals surface area contributed by atoms with Crippen LogP contribution in [0.15, 0.2) is 24.3 Å². The molecule has 0 radical (unpaired) electrons. The lowest BCUT2D eigenvalue weighted by Crippen LogP contribution is -2.30. The van der Waals surface area contributed by atoms with Crippen molar-refractivity contribution < 1.29 is 14.3 Å². The van der Waals surface area contributed by atoms with Gasteiger partial charge >= 0.3 is 5.97 Å². The highest BCUT2D eigenvalue weighted by atomic mass is 16.5. The predicted molar refractivity (Wildman–Crippen MR) is 79.7 cm³/mol. The molecule has 0 aliphatic rings. The number of carbonyl (C=O) groups excluding carboxylic acids is 2. The van der Waals surface area contributed by atoms with Crippen molar-refractivity contribution in [2.24, 2.45) is 0 Å². The number of hydrogen-bond acceptors (Lipinski definition) is 4. The first kappa shape index (κ1) is 16.0. The molecule has 1 aromatic rings. The third kappa shape index (κ3) is 5.30. The summed E-state index contributed by atoms with van der Waals surface area (Å²) in [6.45, 7) is 3.54. The molecule has 2 N–H and O–H groups in total. The summed E-state index contributed by atoms with van der Waals surface area (Å²) in [6.07, 6.45) is 2.71. The maximum atomic E-state index is 11.7. The molecule has 0 aliphatic carbocycles. The lowest BCUT2D eigenvalue weighted by molar-refractivity contribution is -0.141. The van der Waals surface area contributed by atoms with Gasteiger partial charge in [0.25, 0.3) is 0 Å². The third-order valence-electron chi connectivity index (χ3n) is 2.88. The highest BCUT2D eigenvalue weighted by Gasteiger charge is 2.18. The summed E-state index contributed by atoms with van der Waals surface area (Å²) in [6, 6.07) is 6.89. The number of rotatable bonds is 7. The van der Waals surface area contributed by atoms with Gasteiger partial charge in [0.1, 0.15) is 6.04 Å². The Labute approximate surface area is 119 Å². The molecule has 0 heterocycles. The van der Waals surface area contributed by atoms with Crippen LogP contribution in [-0.4, -0.2) is 25.0 Å². The summed E-state index contributed by atoms with van der Waals surface area (Å²) in [7, 11) is 1.39. The van der Waals surface area contributed by atoms with Crippen molar-refractivity contribution in [3.8, 4) is 0 Å².